The molecule has 0 aliphatic rings. The molecule has 1 amide bonds. The van der Waals surface area contributed by atoms with Crippen LogP contribution in [0.3, 0.4) is 0 Å². The summed E-state index contributed by atoms with van der Waals surface area (Å²) in [6.45, 7) is 2.45. The standard InChI is InChI=1S/C52H88NO10P/c1-3-5-7-9-11-13-15-17-19-21-23-24-26-27-29-31-33-35-37-39-41-43-50(55)53-49(52(57)58)47-63-64(59,60)62-46-48(54)45-61-51(56)44-42-40-38-36-34-32-30-28-25-22-20-18-16-14-12-10-8-6-4-2/h5,7,11,13,17-20,23-24,27,29,33,35,48-49,54H,3-4,6,8-10,12,14-16,21-22,25-26,28,30-32,34,36-47H2,1-2H3,(H,53,55)(H,57,58)(H,59,60)/b7-5-,13-11-,19-17-,20-18+,24-23-,29-27-,35-33-. The van der Waals surface area contributed by atoms with E-state index in [1.165, 1.54) is 83.5 Å². The Morgan fingerprint density at radius 2 is 0.906 bits per heavy atom. The summed E-state index contributed by atoms with van der Waals surface area (Å²) in [5.74, 6) is -2.44. The number of rotatable bonds is 45. The van der Waals surface area contributed by atoms with Crippen molar-refractivity contribution in [2.45, 2.75) is 206 Å². The smallest absolute Gasteiger partial charge is 0.472 e. The molecule has 0 aliphatic carbocycles. The predicted molar refractivity (Wildman–Crippen MR) is 263 cm³/mol. The number of nitrogens with one attached hydrogen (secondary N) is 1. The molecule has 0 aliphatic heterocycles. The SMILES string of the molecule is CC/C=C\C/C=C\C/C=C\C/C=C\C/C=C\C/C=C\CCCCC(=O)NC(COP(=O)(O)OCC(O)COC(=O)CCCCCCCCCCC/C=C/CCCCCCCC)C(=O)O. The number of aliphatic carboxylic acids is 1. The third kappa shape index (κ3) is 45.2. The quantitative estimate of drug-likeness (QED) is 0.0200. The van der Waals surface area contributed by atoms with E-state index in [-0.39, 0.29) is 12.8 Å². The minimum atomic E-state index is -4.78. The van der Waals surface area contributed by atoms with Crippen LogP contribution >= 0.6 is 7.82 Å². The first kappa shape index (κ1) is 60.7. The van der Waals surface area contributed by atoms with Crippen LogP contribution in [0.25, 0.3) is 0 Å². The molecule has 11 nitrogen and oxygen atoms in total. The average molecular weight is 918 g/mol. The Morgan fingerprint density at radius 3 is 1.39 bits per heavy atom. The Kier molecular flexibility index (Phi) is 43.8. The van der Waals surface area contributed by atoms with Crippen LogP contribution in [0.2, 0.25) is 0 Å². The minimum absolute atomic E-state index is 0.0859. The molecule has 0 saturated carbocycles. The van der Waals surface area contributed by atoms with E-state index in [9.17, 15) is 34.1 Å². The van der Waals surface area contributed by atoms with E-state index in [0.717, 1.165) is 70.6 Å². The second-order valence-electron chi connectivity index (χ2n) is 16.3. The fraction of sp³-hybridized carbons (Fsp3) is 0.673. The number of esters is 1. The number of carboxylic acids is 1. The Hall–Kier alpha value is -3.34. The summed E-state index contributed by atoms with van der Waals surface area (Å²) in [7, 11) is -4.78. The molecule has 0 aromatic carbocycles. The number of phosphoric acid groups is 1. The number of carbonyl (C=O) groups is 3. The summed E-state index contributed by atoms with van der Waals surface area (Å²) >= 11 is 0. The third-order valence-electron chi connectivity index (χ3n) is 10.2. The Balaban J connectivity index is 3.94. The number of carboxylic acid groups (broad SMARTS) is 1. The fourth-order valence-corrected chi connectivity index (χ4v) is 7.14. The van der Waals surface area contributed by atoms with Gasteiger partial charge in [0.2, 0.25) is 5.91 Å². The molecule has 0 bridgehead atoms. The maximum atomic E-state index is 12.3. The number of aliphatic hydroxyl groups is 1. The van der Waals surface area contributed by atoms with Crippen LogP contribution in [0.15, 0.2) is 85.1 Å². The largest absolute Gasteiger partial charge is 0.480 e. The van der Waals surface area contributed by atoms with Crippen molar-refractivity contribution in [1.82, 2.24) is 5.32 Å². The van der Waals surface area contributed by atoms with Gasteiger partial charge >= 0.3 is 19.8 Å². The van der Waals surface area contributed by atoms with Gasteiger partial charge in [0.1, 0.15) is 12.7 Å². The second-order valence-corrected chi connectivity index (χ2v) is 17.7. The van der Waals surface area contributed by atoms with Gasteiger partial charge in [0.05, 0.1) is 13.2 Å². The van der Waals surface area contributed by atoms with Crippen molar-refractivity contribution >= 4 is 25.7 Å². The topological polar surface area (TPSA) is 169 Å². The van der Waals surface area contributed by atoms with E-state index in [1.807, 2.05) is 6.08 Å². The van der Waals surface area contributed by atoms with Crippen LogP contribution in [-0.4, -0.2) is 64.9 Å². The van der Waals surface area contributed by atoms with Gasteiger partial charge in [0.25, 0.3) is 0 Å². The van der Waals surface area contributed by atoms with Gasteiger partial charge in [-0.15, -0.1) is 0 Å². The Labute approximate surface area is 388 Å². The van der Waals surface area contributed by atoms with Crippen molar-refractivity contribution in [1.29, 1.82) is 0 Å². The van der Waals surface area contributed by atoms with Gasteiger partial charge in [-0.05, 0) is 89.9 Å². The van der Waals surface area contributed by atoms with E-state index in [4.69, 9.17) is 13.8 Å². The highest BCUT2D eigenvalue weighted by Crippen LogP contribution is 2.43. The van der Waals surface area contributed by atoms with Gasteiger partial charge in [0.15, 0.2) is 6.04 Å². The summed E-state index contributed by atoms with van der Waals surface area (Å²) in [5.41, 5.74) is 0. The number of carbonyl (C=O) groups excluding carboxylic acids is 2. The monoisotopic (exact) mass is 918 g/mol. The van der Waals surface area contributed by atoms with Gasteiger partial charge in [0, 0.05) is 12.8 Å². The van der Waals surface area contributed by atoms with Crippen molar-refractivity contribution < 1.29 is 47.8 Å². The van der Waals surface area contributed by atoms with E-state index in [2.05, 4.69) is 98.2 Å². The van der Waals surface area contributed by atoms with Crippen LogP contribution in [0, 0.1) is 0 Å². The number of unbranched alkanes of at least 4 members (excludes halogenated alkanes) is 17. The Morgan fingerprint density at radius 1 is 0.516 bits per heavy atom. The zero-order chi connectivity index (χ0) is 47.0. The molecule has 0 radical (unpaired) electrons. The van der Waals surface area contributed by atoms with Crippen LogP contribution in [0.5, 0.6) is 0 Å². The van der Waals surface area contributed by atoms with E-state index >= 15 is 0 Å². The number of amides is 1. The lowest BCUT2D eigenvalue weighted by Crippen LogP contribution is -2.43. The molecule has 0 aromatic rings. The summed E-state index contributed by atoms with van der Waals surface area (Å²) in [6.07, 6.45) is 57.5. The van der Waals surface area contributed by atoms with E-state index in [1.54, 1.807) is 0 Å². The average Bonchev–Trinajstić information content (AvgIpc) is 3.27. The van der Waals surface area contributed by atoms with Crippen LogP contribution in [0.1, 0.15) is 194 Å². The molecule has 4 N–H and O–H groups in total. The molecule has 12 heteroatoms. The molecule has 3 unspecified atom stereocenters. The van der Waals surface area contributed by atoms with Gasteiger partial charge in [-0.2, -0.15) is 0 Å². The fourth-order valence-electron chi connectivity index (χ4n) is 6.37. The minimum Gasteiger partial charge on any atom is -0.480 e. The first-order valence-electron chi connectivity index (χ1n) is 24.6. The van der Waals surface area contributed by atoms with Crippen molar-refractivity contribution in [2.24, 2.45) is 0 Å². The van der Waals surface area contributed by atoms with Crippen LogP contribution in [-0.2, 0) is 32.7 Å². The summed E-state index contributed by atoms with van der Waals surface area (Å²) in [5, 5.41) is 21.9. The summed E-state index contributed by atoms with van der Waals surface area (Å²) in [6, 6.07) is -1.58. The molecule has 0 heterocycles. The molecule has 3 atom stereocenters. The molecule has 0 saturated heterocycles. The maximum Gasteiger partial charge on any atom is 0.472 e. The molecule has 64 heavy (non-hydrogen) atoms. The first-order chi connectivity index (χ1) is 31.1. The van der Waals surface area contributed by atoms with Crippen molar-refractivity contribution in [3.63, 3.8) is 0 Å². The number of hydrogen-bond donors (Lipinski definition) is 4. The zero-order valence-corrected chi connectivity index (χ0v) is 40.7. The summed E-state index contributed by atoms with van der Waals surface area (Å²) in [4.78, 5) is 46.1. The lowest BCUT2D eigenvalue weighted by Gasteiger charge is -2.18. The normalized spacial score (nSPS) is 14.3. The molecule has 0 rings (SSSR count). The third-order valence-corrected chi connectivity index (χ3v) is 11.1. The highest BCUT2D eigenvalue weighted by atomic mass is 31.2. The van der Waals surface area contributed by atoms with Crippen LogP contribution in [0.4, 0.5) is 0 Å². The predicted octanol–water partition coefficient (Wildman–Crippen LogP) is 13.4. The molecular formula is C52H88NO10P. The summed E-state index contributed by atoms with van der Waals surface area (Å²) < 4.78 is 26.9. The molecule has 0 fully saturated rings. The maximum absolute atomic E-state index is 12.3. The van der Waals surface area contributed by atoms with Crippen molar-refractivity contribution in [2.75, 3.05) is 19.8 Å². The van der Waals surface area contributed by atoms with Crippen molar-refractivity contribution in [3.8, 4) is 0 Å². The molecule has 0 aromatic heterocycles. The van der Waals surface area contributed by atoms with Gasteiger partial charge in [-0.25, -0.2) is 9.36 Å². The second kappa shape index (κ2) is 46.2. The van der Waals surface area contributed by atoms with Gasteiger partial charge in [-0.1, -0.05) is 176 Å². The number of ether oxygens (including phenoxy) is 1. The van der Waals surface area contributed by atoms with E-state index in [0.29, 0.717) is 12.8 Å². The Bertz CT molecular complexity index is 1400. The number of allylic oxidation sites excluding steroid dienone is 14. The zero-order valence-electron chi connectivity index (χ0n) is 39.8. The number of aliphatic hydroxyl groups excluding tert-OH is 1. The lowest BCUT2D eigenvalue weighted by atomic mass is 10.1. The highest BCUT2D eigenvalue weighted by molar-refractivity contribution is 7.47. The number of hydrogen-bond acceptors (Lipinski definition) is 8. The molecular weight excluding hydrogens is 830 g/mol. The number of phosphoric ester groups is 1. The highest BCUT2D eigenvalue weighted by Gasteiger charge is 2.28. The van der Waals surface area contributed by atoms with Gasteiger partial charge < -0.3 is 25.2 Å². The molecule has 0 spiro atoms. The van der Waals surface area contributed by atoms with Gasteiger partial charge in [-0.3, -0.25) is 18.6 Å². The first-order valence-corrected chi connectivity index (χ1v) is 26.1. The molecule has 366 valence electrons. The lowest BCUT2D eigenvalue weighted by molar-refractivity contribution is -0.147. The van der Waals surface area contributed by atoms with E-state index < -0.39 is 57.6 Å². The van der Waals surface area contributed by atoms with Crippen LogP contribution < -0.4 is 5.32 Å². The van der Waals surface area contributed by atoms with Crippen molar-refractivity contribution in [3.05, 3.63) is 85.1 Å².